The van der Waals surface area contributed by atoms with Gasteiger partial charge in [0.15, 0.2) is 0 Å². The fourth-order valence-corrected chi connectivity index (χ4v) is 3.92. The van der Waals surface area contributed by atoms with Gasteiger partial charge in [-0.15, -0.1) is 0 Å². The molecule has 2 aromatic rings. The highest BCUT2D eigenvalue weighted by molar-refractivity contribution is 7.92. The Kier molecular flexibility index (Phi) is 8.59. The van der Waals surface area contributed by atoms with Gasteiger partial charge in [-0.2, -0.15) is 0 Å². The minimum absolute atomic E-state index is 0.0240. The number of hydrogen-bond acceptors (Lipinski definition) is 5. The number of hydrogen-bond donors (Lipinski definition) is 1. The zero-order chi connectivity index (χ0) is 23.9. The summed E-state index contributed by atoms with van der Waals surface area (Å²) in [5, 5.41) is 2.67. The number of benzene rings is 2. The smallest absolute Gasteiger partial charge is 0.244 e. The van der Waals surface area contributed by atoms with Crippen LogP contribution in [-0.2, 0) is 26.2 Å². The van der Waals surface area contributed by atoms with Gasteiger partial charge in [-0.3, -0.25) is 13.9 Å². The normalized spacial score (nSPS) is 12.0. The van der Waals surface area contributed by atoms with Crippen LogP contribution in [-0.4, -0.2) is 57.6 Å². The first kappa shape index (κ1) is 25.1. The minimum atomic E-state index is -3.90. The van der Waals surface area contributed by atoms with Crippen molar-refractivity contribution in [3.8, 4) is 5.75 Å². The van der Waals surface area contributed by atoms with E-state index in [0.29, 0.717) is 12.3 Å². The van der Waals surface area contributed by atoms with Crippen molar-refractivity contribution in [1.29, 1.82) is 0 Å². The molecule has 174 valence electrons. The quantitative estimate of drug-likeness (QED) is 0.580. The van der Waals surface area contributed by atoms with Gasteiger partial charge in [0.1, 0.15) is 24.2 Å². The molecule has 0 radical (unpaired) electrons. The van der Waals surface area contributed by atoms with Gasteiger partial charge in [0.2, 0.25) is 21.8 Å². The average molecular weight is 466 g/mol. The van der Waals surface area contributed by atoms with Crippen LogP contribution in [0, 0.1) is 5.82 Å². The summed E-state index contributed by atoms with van der Waals surface area (Å²) in [6.45, 7) is 3.20. The Morgan fingerprint density at radius 1 is 1.16 bits per heavy atom. The fourth-order valence-electron chi connectivity index (χ4n) is 3.08. The highest BCUT2D eigenvalue weighted by Gasteiger charge is 2.30. The van der Waals surface area contributed by atoms with E-state index in [4.69, 9.17) is 4.74 Å². The SMILES string of the molecule is CCNC(=O)C(C)N(Cc1ccc(OC)cc1)C(=O)CN(c1cccc(F)c1)S(C)(=O)=O. The van der Waals surface area contributed by atoms with Gasteiger partial charge in [0.25, 0.3) is 0 Å². The summed E-state index contributed by atoms with van der Waals surface area (Å²) in [7, 11) is -2.36. The van der Waals surface area contributed by atoms with Crippen LogP contribution in [0.1, 0.15) is 19.4 Å². The van der Waals surface area contributed by atoms with Crippen molar-refractivity contribution in [1.82, 2.24) is 10.2 Å². The molecule has 1 unspecified atom stereocenters. The van der Waals surface area contributed by atoms with Crippen LogP contribution in [0.4, 0.5) is 10.1 Å². The number of carbonyl (C=O) groups is 2. The topological polar surface area (TPSA) is 96.0 Å². The summed E-state index contributed by atoms with van der Waals surface area (Å²) in [4.78, 5) is 27.0. The Balaban J connectivity index is 2.36. The van der Waals surface area contributed by atoms with E-state index in [1.807, 2.05) is 0 Å². The first-order valence-corrected chi connectivity index (χ1v) is 11.8. The number of amides is 2. The third-order valence-electron chi connectivity index (χ3n) is 4.81. The molecule has 0 aliphatic heterocycles. The summed E-state index contributed by atoms with van der Waals surface area (Å²) >= 11 is 0. The van der Waals surface area contributed by atoms with Crippen molar-refractivity contribution in [3.63, 3.8) is 0 Å². The maximum absolute atomic E-state index is 13.7. The van der Waals surface area contributed by atoms with Crippen LogP contribution in [0.2, 0.25) is 0 Å². The Bertz CT molecular complexity index is 1040. The van der Waals surface area contributed by atoms with E-state index in [-0.39, 0.29) is 18.1 Å². The number of rotatable bonds is 10. The first-order chi connectivity index (χ1) is 15.1. The van der Waals surface area contributed by atoms with Crippen LogP contribution >= 0.6 is 0 Å². The molecule has 0 saturated carbocycles. The standard InChI is InChI=1S/C22H28FN3O5S/c1-5-24-22(28)16(2)25(14-17-9-11-20(31-3)12-10-17)21(27)15-26(32(4,29)30)19-8-6-7-18(23)13-19/h6-13,16H,5,14-15H2,1-4H3,(H,24,28). The largest absolute Gasteiger partial charge is 0.497 e. The molecule has 10 heteroatoms. The number of anilines is 1. The molecule has 0 saturated heterocycles. The van der Waals surface area contributed by atoms with Crippen LogP contribution < -0.4 is 14.4 Å². The number of sulfonamides is 1. The van der Waals surface area contributed by atoms with Crippen molar-refractivity contribution in [2.75, 3.05) is 30.8 Å². The van der Waals surface area contributed by atoms with Crippen LogP contribution in [0.3, 0.4) is 0 Å². The molecule has 2 aromatic carbocycles. The van der Waals surface area contributed by atoms with Gasteiger partial charge < -0.3 is 15.0 Å². The van der Waals surface area contributed by atoms with Gasteiger partial charge >= 0.3 is 0 Å². The van der Waals surface area contributed by atoms with Crippen molar-refractivity contribution in [2.24, 2.45) is 0 Å². The number of likely N-dealkylation sites (N-methyl/N-ethyl adjacent to an activating group) is 1. The van der Waals surface area contributed by atoms with Crippen molar-refractivity contribution >= 4 is 27.5 Å². The molecule has 0 fully saturated rings. The summed E-state index contributed by atoms with van der Waals surface area (Å²) in [6.07, 6.45) is 0.937. The van der Waals surface area contributed by atoms with Gasteiger partial charge in [0.05, 0.1) is 19.1 Å². The number of halogens is 1. The average Bonchev–Trinajstić information content (AvgIpc) is 2.75. The molecule has 32 heavy (non-hydrogen) atoms. The number of methoxy groups -OCH3 is 1. The van der Waals surface area contributed by atoms with E-state index in [0.717, 1.165) is 22.2 Å². The molecule has 0 bridgehead atoms. The fraction of sp³-hybridized carbons (Fsp3) is 0.364. The van der Waals surface area contributed by atoms with E-state index in [2.05, 4.69) is 5.32 Å². The van der Waals surface area contributed by atoms with Crippen LogP contribution in [0.5, 0.6) is 5.75 Å². The lowest BCUT2D eigenvalue weighted by atomic mass is 10.1. The van der Waals surface area contributed by atoms with Crippen LogP contribution in [0.25, 0.3) is 0 Å². The summed E-state index contributed by atoms with van der Waals surface area (Å²) in [5.74, 6) is -0.965. The Morgan fingerprint density at radius 3 is 2.34 bits per heavy atom. The summed E-state index contributed by atoms with van der Waals surface area (Å²) < 4.78 is 44.4. The molecule has 2 amide bonds. The first-order valence-electron chi connectivity index (χ1n) is 10.00. The molecule has 1 N–H and O–H groups in total. The highest BCUT2D eigenvalue weighted by Crippen LogP contribution is 2.20. The van der Waals surface area contributed by atoms with Gasteiger partial charge in [-0.1, -0.05) is 18.2 Å². The van der Waals surface area contributed by atoms with Gasteiger partial charge in [-0.25, -0.2) is 12.8 Å². The molecule has 8 nitrogen and oxygen atoms in total. The molecule has 0 aromatic heterocycles. The highest BCUT2D eigenvalue weighted by atomic mass is 32.2. The van der Waals surface area contributed by atoms with E-state index in [1.165, 1.54) is 30.2 Å². The number of carbonyl (C=O) groups excluding carboxylic acids is 2. The van der Waals surface area contributed by atoms with Crippen LogP contribution in [0.15, 0.2) is 48.5 Å². The monoisotopic (exact) mass is 465 g/mol. The molecule has 0 aliphatic carbocycles. The molecule has 0 spiro atoms. The molecule has 0 aliphatic rings. The lowest BCUT2D eigenvalue weighted by Crippen LogP contribution is -2.51. The van der Waals surface area contributed by atoms with E-state index < -0.39 is 34.3 Å². The maximum Gasteiger partial charge on any atom is 0.244 e. The summed E-state index contributed by atoms with van der Waals surface area (Å²) in [5.41, 5.74) is 0.753. The van der Waals surface area contributed by atoms with E-state index in [9.17, 15) is 22.4 Å². The predicted octanol–water partition coefficient (Wildman–Crippen LogP) is 2.15. The second-order valence-corrected chi connectivity index (χ2v) is 9.10. The Hall–Kier alpha value is -3.14. The zero-order valence-corrected chi connectivity index (χ0v) is 19.4. The van der Waals surface area contributed by atoms with Gasteiger partial charge in [-0.05, 0) is 49.7 Å². The van der Waals surface area contributed by atoms with Crippen molar-refractivity contribution in [2.45, 2.75) is 26.4 Å². The summed E-state index contributed by atoms with van der Waals surface area (Å²) in [6, 6.07) is 11.1. The predicted molar refractivity (Wildman–Crippen MR) is 120 cm³/mol. The maximum atomic E-state index is 13.7. The van der Waals surface area contributed by atoms with Gasteiger partial charge in [0, 0.05) is 13.1 Å². The number of nitrogens with zero attached hydrogens (tertiary/aromatic N) is 2. The third kappa shape index (κ3) is 6.68. The third-order valence-corrected chi connectivity index (χ3v) is 5.95. The van der Waals surface area contributed by atoms with Crippen molar-refractivity contribution < 1.29 is 27.1 Å². The van der Waals surface area contributed by atoms with E-state index >= 15 is 0 Å². The molecular formula is C22H28FN3O5S. The Morgan fingerprint density at radius 2 is 1.81 bits per heavy atom. The number of ether oxygens (including phenoxy) is 1. The minimum Gasteiger partial charge on any atom is -0.497 e. The van der Waals surface area contributed by atoms with E-state index in [1.54, 1.807) is 38.1 Å². The zero-order valence-electron chi connectivity index (χ0n) is 18.5. The molecule has 2 rings (SSSR count). The lowest BCUT2D eigenvalue weighted by molar-refractivity contribution is -0.139. The Labute approximate surface area is 188 Å². The number of nitrogens with one attached hydrogen (secondary N) is 1. The second kappa shape index (κ2) is 10.9. The molecule has 1 atom stereocenters. The molecule has 0 heterocycles. The lowest BCUT2D eigenvalue weighted by Gasteiger charge is -2.31. The molecular weight excluding hydrogens is 437 g/mol. The van der Waals surface area contributed by atoms with Crippen molar-refractivity contribution in [3.05, 3.63) is 59.9 Å². The second-order valence-electron chi connectivity index (χ2n) is 7.19.